The van der Waals surface area contributed by atoms with Gasteiger partial charge in [0.05, 0.1) is 0 Å². The summed E-state index contributed by atoms with van der Waals surface area (Å²) in [5.74, 6) is -3.05. The molecule has 2 atom stereocenters. The molecule has 0 aromatic carbocycles. The van der Waals surface area contributed by atoms with Gasteiger partial charge in [-0.25, -0.2) is 0 Å². The Hall–Kier alpha value is -1.84. The van der Waals surface area contributed by atoms with Crippen LogP contribution in [0.5, 0.6) is 0 Å². The first-order valence-corrected chi connectivity index (χ1v) is 4.18. The maximum absolute atomic E-state index is 11.2. The van der Waals surface area contributed by atoms with Crippen LogP contribution in [0.3, 0.4) is 0 Å². The zero-order valence-electron chi connectivity index (χ0n) is 7.21. The first kappa shape index (κ1) is 8.74. The maximum atomic E-state index is 11.2. The lowest BCUT2D eigenvalue weighted by Gasteiger charge is -2.24. The molecule has 2 unspecified atom stereocenters. The molecule has 14 heavy (non-hydrogen) atoms. The van der Waals surface area contributed by atoms with E-state index in [1.54, 1.807) is 24.3 Å². The second-order valence-electron chi connectivity index (χ2n) is 3.08. The van der Waals surface area contributed by atoms with Crippen molar-refractivity contribution in [3.05, 3.63) is 36.0 Å². The Kier molecular flexibility index (Phi) is 1.96. The smallest absolute Gasteiger partial charge is 0.325 e. The van der Waals surface area contributed by atoms with E-state index in [0.717, 1.165) is 5.57 Å². The molecule has 0 spiro atoms. The van der Waals surface area contributed by atoms with E-state index in [2.05, 4.69) is 0 Å². The monoisotopic (exact) mass is 192 g/mol. The standard InChI is InChI=1S/C10H8O4/c11-9(12)7-5-6-3-1-2-4-8(6)14-10(7)13/h1-5,7-8H,(H,11,12). The summed E-state index contributed by atoms with van der Waals surface area (Å²) in [5, 5.41) is 8.71. The van der Waals surface area contributed by atoms with E-state index in [9.17, 15) is 9.59 Å². The summed E-state index contributed by atoms with van der Waals surface area (Å²) in [6.07, 6.45) is 8.01. The van der Waals surface area contributed by atoms with Crippen LogP contribution in [-0.2, 0) is 14.3 Å². The Morgan fingerprint density at radius 2 is 2.21 bits per heavy atom. The molecule has 4 heteroatoms. The molecular weight excluding hydrogens is 184 g/mol. The highest BCUT2D eigenvalue weighted by atomic mass is 16.5. The number of carbonyl (C=O) groups excluding carboxylic acids is 1. The Morgan fingerprint density at radius 1 is 1.43 bits per heavy atom. The molecule has 0 fully saturated rings. The topological polar surface area (TPSA) is 63.6 Å². The zero-order valence-corrected chi connectivity index (χ0v) is 7.21. The van der Waals surface area contributed by atoms with Crippen LogP contribution in [0.25, 0.3) is 0 Å². The van der Waals surface area contributed by atoms with E-state index in [4.69, 9.17) is 9.84 Å². The second kappa shape index (κ2) is 3.14. The molecule has 0 radical (unpaired) electrons. The summed E-state index contributed by atoms with van der Waals surface area (Å²) in [5.41, 5.74) is 0.722. The lowest BCUT2D eigenvalue weighted by atomic mass is 9.96. The fourth-order valence-electron chi connectivity index (χ4n) is 1.43. The van der Waals surface area contributed by atoms with E-state index in [1.807, 2.05) is 0 Å². The van der Waals surface area contributed by atoms with Gasteiger partial charge in [0, 0.05) is 0 Å². The van der Waals surface area contributed by atoms with Crippen molar-refractivity contribution >= 4 is 11.9 Å². The van der Waals surface area contributed by atoms with Crippen molar-refractivity contribution in [3.63, 3.8) is 0 Å². The van der Waals surface area contributed by atoms with Crippen molar-refractivity contribution in [2.75, 3.05) is 0 Å². The van der Waals surface area contributed by atoms with E-state index in [0.29, 0.717) is 0 Å². The molecule has 2 aliphatic rings. The number of ether oxygens (including phenoxy) is 1. The Balaban J connectivity index is 2.34. The predicted octanol–water partition coefficient (Wildman–Crippen LogP) is 0.665. The SMILES string of the molecule is O=C(O)C1C=C2C=CC=CC2OC1=O. The van der Waals surface area contributed by atoms with Gasteiger partial charge in [-0.15, -0.1) is 0 Å². The first-order chi connectivity index (χ1) is 6.68. The van der Waals surface area contributed by atoms with Crippen LogP contribution in [0.15, 0.2) is 36.0 Å². The van der Waals surface area contributed by atoms with Crippen LogP contribution < -0.4 is 0 Å². The first-order valence-electron chi connectivity index (χ1n) is 4.18. The minimum Gasteiger partial charge on any atom is -0.480 e. The fraction of sp³-hybridized carbons (Fsp3) is 0.200. The molecule has 4 nitrogen and oxygen atoms in total. The van der Waals surface area contributed by atoms with Crippen LogP contribution in [0.2, 0.25) is 0 Å². The van der Waals surface area contributed by atoms with Crippen molar-refractivity contribution in [1.29, 1.82) is 0 Å². The Morgan fingerprint density at radius 3 is 2.93 bits per heavy atom. The van der Waals surface area contributed by atoms with Crippen molar-refractivity contribution in [3.8, 4) is 0 Å². The average Bonchev–Trinajstić information content (AvgIpc) is 2.16. The van der Waals surface area contributed by atoms with Gasteiger partial charge in [0.25, 0.3) is 0 Å². The van der Waals surface area contributed by atoms with E-state index >= 15 is 0 Å². The predicted molar refractivity (Wildman–Crippen MR) is 47.4 cm³/mol. The molecule has 1 aliphatic carbocycles. The summed E-state index contributed by atoms with van der Waals surface area (Å²) >= 11 is 0. The minimum atomic E-state index is -1.18. The van der Waals surface area contributed by atoms with Crippen molar-refractivity contribution in [1.82, 2.24) is 0 Å². The Labute approximate surface area is 80.2 Å². The molecular formula is C10H8O4. The molecule has 0 bridgehead atoms. The number of fused-ring (bicyclic) bond motifs is 1. The van der Waals surface area contributed by atoms with Crippen molar-refractivity contribution in [2.24, 2.45) is 5.92 Å². The molecule has 72 valence electrons. The van der Waals surface area contributed by atoms with Gasteiger partial charge in [-0.1, -0.05) is 24.3 Å². The number of hydrogen-bond acceptors (Lipinski definition) is 3. The Bertz CT molecular complexity index is 376. The van der Waals surface area contributed by atoms with E-state index in [1.165, 1.54) is 6.08 Å². The van der Waals surface area contributed by atoms with Crippen molar-refractivity contribution < 1.29 is 19.4 Å². The third-order valence-electron chi connectivity index (χ3n) is 2.14. The minimum absolute atomic E-state index is 0.414. The van der Waals surface area contributed by atoms with E-state index in [-0.39, 0.29) is 0 Å². The molecule has 0 aromatic heterocycles. The van der Waals surface area contributed by atoms with Crippen molar-refractivity contribution in [2.45, 2.75) is 6.10 Å². The normalized spacial score (nSPS) is 29.1. The highest BCUT2D eigenvalue weighted by Crippen LogP contribution is 2.24. The maximum Gasteiger partial charge on any atom is 0.325 e. The van der Waals surface area contributed by atoms with Crippen LogP contribution in [0.1, 0.15) is 0 Å². The molecule has 0 aromatic rings. The largest absolute Gasteiger partial charge is 0.480 e. The van der Waals surface area contributed by atoms with Gasteiger partial charge in [0.15, 0.2) is 5.92 Å². The fourth-order valence-corrected chi connectivity index (χ4v) is 1.43. The number of carboxylic acids is 1. The van der Waals surface area contributed by atoms with Crippen LogP contribution in [-0.4, -0.2) is 23.1 Å². The van der Waals surface area contributed by atoms with Gasteiger partial charge in [0.1, 0.15) is 6.10 Å². The number of hydrogen-bond donors (Lipinski definition) is 1. The van der Waals surface area contributed by atoms with Gasteiger partial charge in [-0.05, 0) is 11.6 Å². The van der Waals surface area contributed by atoms with Crippen LogP contribution in [0, 0.1) is 5.92 Å². The van der Waals surface area contributed by atoms with Crippen LogP contribution in [0.4, 0.5) is 0 Å². The summed E-state index contributed by atoms with van der Waals surface area (Å²) < 4.78 is 4.94. The summed E-state index contributed by atoms with van der Waals surface area (Å²) in [6, 6.07) is 0. The summed E-state index contributed by atoms with van der Waals surface area (Å²) in [6.45, 7) is 0. The van der Waals surface area contributed by atoms with Crippen LogP contribution >= 0.6 is 0 Å². The molecule has 0 saturated heterocycles. The number of rotatable bonds is 1. The molecule has 2 rings (SSSR count). The quantitative estimate of drug-likeness (QED) is 0.489. The van der Waals surface area contributed by atoms with Gasteiger partial charge in [-0.3, -0.25) is 9.59 Å². The van der Waals surface area contributed by atoms with Gasteiger partial charge in [0.2, 0.25) is 0 Å². The highest BCUT2D eigenvalue weighted by Gasteiger charge is 2.33. The molecule has 0 amide bonds. The van der Waals surface area contributed by atoms with Gasteiger partial charge in [-0.2, -0.15) is 0 Å². The third-order valence-corrected chi connectivity index (χ3v) is 2.14. The van der Waals surface area contributed by atoms with Gasteiger partial charge >= 0.3 is 11.9 Å². The number of carbonyl (C=O) groups is 2. The number of esters is 1. The second-order valence-corrected chi connectivity index (χ2v) is 3.08. The van der Waals surface area contributed by atoms with E-state index < -0.39 is 24.0 Å². The molecule has 1 heterocycles. The molecule has 1 N–H and O–H groups in total. The lowest BCUT2D eigenvalue weighted by Crippen LogP contribution is -2.33. The highest BCUT2D eigenvalue weighted by molar-refractivity contribution is 5.97. The average molecular weight is 192 g/mol. The zero-order chi connectivity index (χ0) is 10.1. The number of aliphatic carboxylic acids is 1. The number of carboxylic acid groups (broad SMARTS) is 1. The summed E-state index contributed by atoms with van der Waals surface area (Å²) in [7, 11) is 0. The number of allylic oxidation sites excluding steroid dienone is 2. The molecule has 0 saturated carbocycles. The molecule has 1 aliphatic heterocycles. The third kappa shape index (κ3) is 1.35. The summed E-state index contributed by atoms with van der Waals surface area (Å²) in [4.78, 5) is 21.8. The lowest BCUT2D eigenvalue weighted by molar-refractivity contribution is -0.158. The van der Waals surface area contributed by atoms with Gasteiger partial charge < -0.3 is 9.84 Å².